The number of likely N-dealkylation sites (tertiary alicyclic amines) is 1. The molecular weight excluding hydrogens is 320 g/mol. The minimum atomic E-state index is 0.174. The number of halogens is 1. The molecule has 3 rings (SSSR count). The van der Waals surface area contributed by atoms with Crippen LogP contribution in [0.2, 0.25) is 0 Å². The lowest BCUT2D eigenvalue weighted by molar-refractivity contribution is 0.311. The van der Waals surface area contributed by atoms with Crippen LogP contribution < -0.4 is 10.1 Å². The fourth-order valence-electron chi connectivity index (χ4n) is 3.40. The maximum atomic E-state index is 9.86. The number of nitrogens with zero attached hydrogens (tertiary/aromatic N) is 1. The van der Waals surface area contributed by atoms with Crippen LogP contribution >= 0.6 is 15.9 Å². The van der Waals surface area contributed by atoms with Crippen molar-refractivity contribution in [1.82, 2.24) is 10.2 Å². The maximum absolute atomic E-state index is 9.86. The molecule has 0 amide bonds. The smallest absolute Gasteiger partial charge is 0.172 e. The topological polar surface area (TPSA) is 44.7 Å². The standard InChI is InChI=1S/C15H21BrN2O2/c1-20-14-6-10(5-12(16)15(14)19)7-18-8-11-3-2-4-17-13(11)9-18/h5-6,11,13,17,19H,2-4,7-9H2,1H3. The van der Waals surface area contributed by atoms with Crippen molar-refractivity contribution in [3.8, 4) is 11.5 Å². The van der Waals surface area contributed by atoms with E-state index in [4.69, 9.17) is 4.74 Å². The molecule has 2 aliphatic heterocycles. The van der Waals surface area contributed by atoms with Gasteiger partial charge in [0, 0.05) is 25.7 Å². The highest BCUT2D eigenvalue weighted by Gasteiger charge is 2.34. The van der Waals surface area contributed by atoms with Gasteiger partial charge in [0.15, 0.2) is 11.5 Å². The van der Waals surface area contributed by atoms with Gasteiger partial charge < -0.3 is 15.2 Å². The van der Waals surface area contributed by atoms with Gasteiger partial charge in [-0.15, -0.1) is 0 Å². The van der Waals surface area contributed by atoms with Gasteiger partial charge in [0.05, 0.1) is 11.6 Å². The Morgan fingerprint density at radius 3 is 3.05 bits per heavy atom. The van der Waals surface area contributed by atoms with Gasteiger partial charge in [-0.1, -0.05) is 0 Å². The second kappa shape index (κ2) is 5.92. The van der Waals surface area contributed by atoms with E-state index in [1.807, 2.05) is 12.1 Å². The lowest BCUT2D eigenvalue weighted by Crippen LogP contribution is -2.40. The number of hydrogen-bond donors (Lipinski definition) is 2. The summed E-state index contributed by atoms with van der Waals surface area (Å²) in [6, 6.07) is 4.56. The average Bonchev–Trinajstić information content (AvgIpc) is 2.84. The Balaban J connectivity index is 1.70. The zero-order chi connectivity index (χ0) is 14.1. The fraction of sp³-hybridized carbons (Fsp3) is 0.600. The first-order valence-electron chi connectivity index (χ1n) is 7.18. The Morgan fingerprint density at radius 2 is 2.30 bits per heavy atom. The van der Waals surface area contributed by atoms with Crippen molar-refractivity contribution in [3.63, 3.8) is 0 Å². The molecule has 110 valence electrons. The van der Waals surface area contributed by atoms with Crippen molar-refractivity contribution < 1.29 is 9.84 Å². The molecule has 1 aromatic rings. The fourth-order valence-corrected chi connectivity index (χ4v) is 3.89. The van der Waals surface area contributed by atoms with Crippen LogP contribution in [-0.4, -0.2) is 42.8 Å². The zero-order valence-electron chi connectivity index (χ0n) is 11.7. The highest BCUT2D eigenvalue weighted by molar-refractivity contribution is 9.10. The molecule has 0 aromatic heterocycles. The molecule has 0 spiro atoms. The molecule has 2 aliphatic rings. The number of methoxy groups -OCH3 is 1. The van der Waals surface area contributed by atoms with Crippen molar-refractivity contribution in [3.05, 3.63) is 22.2 Å². The van der Waals surface area contributed by atoms with Crippen LogP contribution in [0.5, 0.6) is 11.5 Å². The molecule has 4 nitrogen and oxygen atoms in total. The molecule has 20 heavy (non-hydrogen) atoms. The number of phenols is 1. The van der Waals surface area contributed by atoms with E-state index < -0.39 is 0 Å². The molecule has 5 heteroatoms. The summed E-state index contributed by atoms with van der Waals surface area (Å²) < 4.78 is 5.91. The van der Waals surface area contributed by atoms with Crippen molar-refractivity contribution in [2.24, 2.45) is 5.92 Å². The van der Waals surface area contributed by atoms with Crippen LogP contribution in [0, 0.1) is 5.92 Å². The number of hydrogen-bond acceptors (Lipinski definition) is 4. The number of rotatable bonds is 3. The first kappa shape index (κ1) is 14.2. The predicted octanol–water partition coefficient (Wildman–Crippen LogP) is 2.35. The van der Waals surface area contributed by atoms with Gasteiger partial charge in [-0.25, -0.2) is 0 Å². The molecular formula is C15H21BrN2O2. The SMILES string of the molecule is COc1cc(CN2CC3CCCNC3C2)cc(Br)c1O. The Hall–Kier alpha value is -0.780. The zero-order valence-corrected chi connectivity index (χ0v) is 13.3. The van der Waals surface area contributed by atoms with Gasteiger partial charge in [0.2, 0.25) is 0 Å². The van der Waals surface area contributed by atoms with Crippen LogP contribution in [0.3, 0.4) is 0 Å². The number of aromatic hydroxyl groups is 1. The van der Waals surface area contributed by atoms with Gasteiger partial charge in [0.1, 0.15) is 0 Å². The first-order chi connectivity index (χ1) is 9.67. The lowest BCUT2D eigenvalue weighted by Gasteiger charge is -2.24. The van der Waals surface area contributed by atoms with E-state index in [-0.39, 0.29) is 5.75 Å². The number of phenolic OH excluding ortho intramolecular Hbond substituents is 1. The summed E-state index contributed by atoms with van der Waals surface area (Å²) in [7, 11) is 1.58. The maximum Gasteiger partial charge on any atom is 0.172 e. The molecule has 2 fully saturated rings. The van der Waals surface area contributed by atoms with E-state index in [1.165, 1.54) is 24.9 Å². The summed E-state index contributed by atoms with van der Waals surface area (Å²) >= 11 is 3.39. The number of fused-ring (bicyclic) bond motifs is 1. The lowest BCUT2D eigenvalue weighted by atomic mass is 9.94. The molecule has 1 aromatic carbocycles. The summed E-state index contributed by atoms with van der Waals surface area (Å²) in [5.41, 5.74) is 1.17. The van der Waals surface area contributed by atoms with Gasteiger partial charge in [-0.3, -0.25) is 4.90 Å². The summed E-state index contributed by atoms with van der Waals surface area (Å²) in [6.07, 6.45) is 2.64. The van der Waals surface area contributed by atoms with Gasteiger partial charge in [0.25, 0.3) is 0 Å². The molecule has 0 radical (unpaired) electrons. The van der Waals surface area contributed by atoms with E-state index in [1.54, 1.807) is 7.11 Å². The van der Waals surface area contributed by atoms with Gasteiger partial charge in [-0.05, 0) is 58.9 Å². The van der Waals surface area contributed by atoms with E-state index in [9.17, 15) is 5.11 Å². The number of benzene rings is 1. The predicted molar refractivity (Wildman–Crippen MR) is 82.2 cm³/mol. The van der Waals surface area contributed by atoms with E-state index in [2.05, 4.69) is 26.1 Å². The normalized spacial score (nSPS) is 26.5. The summed E-state index contributed by atoms with van der Waals surface area (Å²) in [4.78, 5) is 2.49. The van der Waals surface area contributed by atoms with Crippen molar-refractivity contribution in [2.45, 2.75) is 25.4 Å². The molecule has 2 unspecified atom stereocenters. The summed E-state index contributed by atoms with van der Waals surface area (Å²) in [5.74, 6) is 1.50. The van der Waals surface area contributed by atoms with Crippen molar-refractivity contribution in [2.75, 3.05) is 26.7 Å². The van der Waals surface area contributed by atoms with E-state index in [0.29, 0.717) is 16.3 Å². The molecule has 2 saturated heterocycles. The van der Waals surface area contributed by atoms with Gasteiger partial charge in [-0.2, -0.15) is 0 Å². The van der Waals surface area contributed by atoms with Crippen LogP contribution in [0.4, 0.5) is 0 Å². The largest absolute Gasteiger partial charge is 0.503 e. The van der Waals surface area contributed by atoms with Gasteiger partial charge >= 0.3 is 0 Å². The van der Waals surface area contributed by atoms with Crippen LogP contribution in [0.15, 0.2) is 16.6 Å². The molecule has 2 N–H and O–H groups in total. The quantitative estimate of drug-likeness (QED) is 0.886. The molecule has 0 aliphatic carbocycles. The van der Waals surface area contributed by atoms with Crippen molar-refractivity contribution in [1.29, 1.82) is 0 Å². The number of piperidine rings is 1. The van der Waals surface area contributed by atoms with Crippen LogP contribution in [0.25, 0.3) is 0 Å². The van der Waals surface area contributed by atoms with E-state index >= 15 is 0 Å². The Bertz CT molecular complexity index is 481. The van der Waals surface area contributed by atoms with Crippen molar-refractivity contribution >= 4 is 15.9 Å². The highest BCUT2D eigenvalue weighted by atomic mass is 79.9. The second-order valence-corrected chi connectivity index (χ2v) is 6.64. The number of ether oxygens (including phenoxy) is 1. The minimum absolute atomic E-state index is 0.174. The van der Waals surface area contributed by atoms with E-state index in [0.717, 1.165) is 25.6 Å². The monoisotopic (exact) mass is 340 g/mol. The number of nitrogens with one attached hydrogen (secondary N) is 1. The Morgan fingerprint density at radius 1 is 1.45 bits per heavy atom. The third kappa shape index (κ3) is 2.80. The van der Waals surface area contributed by atoms with Crippen LogP contribution in [-0.2, 0) is 6.54 Å². The average molecular weight is 341 g/mol. The molecule has 0 saturated carbocycles. The summed E-state index contributed by atoms with van der Waals surface area (Å²) in [5, 5.41) is 13.5. The Kier molecular flexibility index (Phi) is 4.19. The summed E-state index contributed by atoms with van der Waals surface area (Å²) in [6.45, 7) is 4.35. The third-order valence-corrected chi connectivity index (χ3v) is 4.99. The Labute approximate surface area is 128 Å². The molecule has 2 atom stereocenters. The molecule has 2 heterocycles. The third-order valence-electron chi connectivity index (χ3n) is 4.39. The minimum Gasteiger partial charge on any atom is -0.503 e. The second-order valence-electron chi connectivity index (χ2n) is 5.79. The molecule has 0 bridgehead atoms. The highest BCUT2D eigenvalue weighted by Crippen LogP contribution is 2.36. The first-order valence-corrected chi connectivity index (χ1v) is 7.98. The van der Waals surface area contributed by atoms with Crippen LogP contribution in [0.1, 0.15) is 18.4 Å².